The number of nitrogens with zero attached hydrogens (tertiary/aromatic N) is 1. The van der Waals surface area contributed by atoms with Crippen LogP contribution in [0.4, 0.5) is 4.39 Å². The summed E-state index contributed by atoms with van der Waals surface area (Å²) in [5.41, 5.74) is 2.95. The molecule has 2 aromatic carbocycles. The number of benzene rings is 2. The van der Waals surface area contributed by atoms with Crippen molar-refractivity contribution in [3.63, 3.8) is 0 Å². The Morgan fingerprint density at radius 3 is 2.54 bits per heavy atom. The van der Waals surface area contributed by atoms with E-state index in [1.807, 2.05) is 55.1 Å². The van der Waals surface area contributed by atoms with Crippen molar-refractivity contribution in [3.05, 3.63) is 71.7 Å². The smallest absolute Gasteiger partial charge is 0.123 e. The van der Waals surface area contributed by atoms with Crippen molar-refractivity contribution in [1.29, 1.82) is 0 Å². The average Bonchev–Trinajstić information content (AvgIpc) is 2.85. The van der Waals surface area contributed by atoms with E-state index in [-0.39, 0.29) is 24.3 Å². The Labute approximate surface area is 147 Å². The van der Waals surface area contributed by atoms with Crippen molar-refractivity contribution in [2.75, 3.05) is 13.6 Å². The van der Waals surface area contributed by atoms with E-state index in [0.29, 0.717) is 6.54 Å². The van der Waals surface area contributed by atoms with E-state index in [1.54, 1.807) is 12.1 Å². The highest BCUT2D eigenvalue weighted by molar-refractivity contribution is 5.85. The monoisotopic (exact) mass is 348 g/mol. The summed E-state index contributed by atoms with van der Waals surface area (Å²) < 4.78 is 15.6. The van der Waals surface area contributed by atoms with Gasteiger partial charge in [-0.1, -0.05) is 30.3 Å². The molecule has 0 spiro atoms. The van der Waals surface area contributed by atoms with Crippen molar-refractivity contribution >= 4 is 23.3 Å². The van der Waals surface area contributed by atoms with Gasteiger partial charge in [-0.3, -0.25) is 0 Å². The summed E-state index contributed by atoms with van der Waals surface area (Å²) in [7, 11) is 1.82. The topological polar surface area (TPSA) is 37.2 Å². The van der Waals surface area contributed by atoms with Crippen LogP contribution in [0.3, 0.4) is 0 Å². The lowest BCUT2D eigenvalue weighted by atomic mass is 10.0. The Bertz CT molecular complexity index is 804. The zero-order valence-corrected chi connectivity index (χ0v) is 14.6. The molecule has 24 heavy (non-hydrogen) atoms. The van der Waals surface area contributed by atoms with E-state index in [2.05, 4.69) is 5.32 Å². The molecule has 0 unspecified atom stereocenters. The lowest BCUT2D eigenvalue weighted by molar-refractivity contribution is 0.132. The summed E-state index contributed by atoms with van der Waals surface area (Å²) in [6.45, 7) is 2.43. The zero-order valence-electron chi connectivity index (χ0n) is 13.7. The third-order valence-corrected chi connectivity index (χ3v) is 4.21. The fraction of sp³-hybridized carbons (Fsp3) is 0.263. The first-order valence-corrected chi connectivity index (χ1v) is 7.76. The fourth-order valence-electron chi connectivity index (χ4n) is 3.17. The van der Waals surface area contributed by atoms with Crippen molar-refractivity contribution in [3.8, 4) is 0 Å². The maximum atomic E-state index is 13.6. The Morgan fingerprint density at radius 1 is 1.17 bits per heavy atom. The highest BCUT2D eigenvalue weighted by atomic mass is 35.5. The predicted molar refractivity (Wildman–Crippen MR) is 98.4 cm³/mol. The first-order valence-electron chi connectivity index (χ1n) is 7.76. The molecule has 3 rings (SSSR count). The molecule has 0 bridgehead atoms. The molecule has 0 fully saturated rings. The van der Waals surface area contributed by atoms with Gasteiger partial charge in [0, 0.05) is 23.6 Å². The number of hydrogen-bond donors (Lipinski definition) is 2. The number of aromatic nitrogens is 1. The van der Waals surface area contributed by atoms with E-state index < -0.39 is 6.10 Å². The van der Waals surface area contributed by atoms with Crippen LogP contribution >= 0.6 is 12.4 Å². The number of aliphatic hydroxyl groups is 1. The molecular weight excluding hydrogens is 327 g/mol. The fourth-order valence-corrected chi connectivity index (χ4v) is 3.17. The van der Waals surface area contributed by atoms with E-state index in [9.17, 15) is 9.50 Å². The zero-order chi connectivity index (χ0) is 16.4. The van der Waals surface area contributed by atoms with Gasteiger partial charge in [0.2, 0.25) is 0 Å². The summed E-state index contributed by atoms with van der Waals surface area (Å²) >= 11 is 0. The number of nitrogens with one attached hydrogen (secondary N) is 1. The molecule has 1 aromatic heterocycles. The van der Waals surface area contributed by atoms with E-state index in [0.717, 1.165) is 22.0 Å². The van der Waals surface area contributed by atoms with Crippen LogP contribution in [0.25, 0.3) is 10.9 Å². The first kappa shape index (κ1) is 18.5. The largest absolute Gasteiger partial charge is 0.389 e. The Hall–Kier alpha value is -1.88. The number of likely N-dealkylation sites (N-methyl/N-ethyl adjacent to an activating group) is 1. The van der Waals surface area contributed by atoms with Gasteiger partial charge in [-0.2, -0.15) is 0 Å². The number of fused-ring (bicyclic) bond motifs is 1. The van der Waals surface area contributed by atoms with Crippen LogP contribution in [0.15, 0.2) is 54.7 Å². The highest BCUT2D eigenvalue weighted by Gasteiger charge is 2.24. The van der Waals surface area contributed by atoms with Crippen molar-refractivity contribution in [2.24, 2.45) is 0 Å². The molecule has 0 radical (unpaired) electrons. The Morgan fingerprint density at radius 2 is 1.88 bits per heavy atom. The molecule has 128 valence electrons. The van der Waals surface area contributed by atoms with Crippen LogP contribution in [-0.4, -0.2) is 29.4 Å². The molecule has 3 aromatic rings. The van der Waals surface area contributed by atoms with Gasteiger partial charge in [0.1, 0.15) is 5.82 Å². The molecule has 0 amide bonds. The molecule has 5 heteroatoms. The maximum absolute atomic E-state index is 13.6. The van der Waals surface area contributed by atoms with Gasteiger partial charge < -0.3 is 15.0 Å². The standard InChI is InChI=1S/C19H21FN2O.ClH/c1-13-12-22(17-9-8-15(20)10-16(13)17)19(18(23)11-21-2)14-6-4-3-5-7-14;/h3-10,12,18-19,21,23H,11H2,1-2H3;1H/t18-,19+;/m1./s1. The van der Waals surface area contributed by atoms with Gasteiger partial charge in [-0.25, -0.2) is 4.39 Å². The van der Waals surface area contributed by atoms with Gasteiger partial charge in [0.05, 0.1) is 12.1 Å². The van der Waals surface area contributed by atoms with E-state index in [4.69, 9.17) is 0 Å². The molecule has 0 saturated carbocycles. The van der Waals surface area contributed by atoms with E-state index in [1.165, 1.54) is 6.07 Å². The quantitative estimate of drug-likeness (QED) is 0.738. The first-order chi connectivity index (χ1) is 11.1. The van der Waals surface area contributed by atoms with Gasteiger partial charge in [0.15, 0.2) is 0 Å². The predicted octanol–water partition coefficient (Wildman–Crippen LogP) is 3.68. The van der Waals surface area contributed by atoms with Crippen molar-refractivity contribution < 1.29 is 9.50 Å². The molecular formula is C19H22ClFN2O. The number of halogens is 2. The minimum absolute atomic E-state index is 0. The second-order valence-corrected chi connectivity index (χ2v) is 5.86. The lowest BCUT2D eigenvalue weighted by Gasteiger charge is -2.26. The molecule has 2 N–H and O–H groups in total. The normalized spacial score (nSPS) is 13.5. The Balaban J connectivity index is 0.00000208. The Kier molecular flexibility index (Phi) is 5.99. The number of rotatable bonds is 5. The summed E-state index contributed by atoms with van der Waals surface area (Å²) in [5, 5.41) is 14.6. The van der Waals surface area contributed by atoms with Gasteiger partial charge in [0.25, 0.3) is 0 Å². The molecule has 0 saturated heterocycles. The summed E-state index contributed by atoms with van der Waals surface area (Å²) in [6, 6.07) is 14.5. The minimum Gasteiger partial charge on any atom is -0.389 e. The molecule has 0 aliphatic carbocycles. The van der Waals surface area contributed by atoms with Crippen LogP contribution in [-0.2, 0) is 0 Å². The van der Waals surface area contributed by atoms with Crippen LogP contribution in [0.5, 0.6) is 0 Å². The third kappa shape index (κ3) is 3.46. The summed E-state index contributed by atoms with van der Waals surface area (Å²) in [5.74, 6) is -0.245. The molecule has 1 heterocycles. The average molecular weight is 349 g/mol. The molecule has 0 aliphatic heterocycles. The van der Waals surface area contributed by atoms with E-state index >= 15 is 0 Å². The second kappa shape index (κ2) is 7.79. The summed E-state index contributed by atoms with van der Waals surface area (Å²) in [4.78, 5) is 0. The number of aryl methyl sites for hydroxylation is 1. The van der Waals surface area contributed by atoms with Crippen LogP contribution < -0.4 is 5.32 Å². The summed E-state index contributed by atoms with van der Waals surface area (Å²) in [6.07, 6.45) is 1.39. The third-order valence-electron chi connectivity index (χ3n) is 4.21. The van der Waals surface area contributed by atoms with Gasteiger partial charge in [-0.05, 0) is 43.3 Å². The number of aliphatic hydroxyl groups excluding tert-OH is 1. The number of hydrogen-bond acceptors (Lipinski definition) is 2. The van der Waals surface area contributed by atoms with Crippen LogP contribution in [0.2, 0.25) is 0 Å². The lowest BCUT2D eigenvalue weighted by Crippen LogP contribution is -2.33. The van der Waals surface area contributed by atoms with Crippen LogP contribution in [0.1, 0.15) is 17.2 Å². The maximum Gasteiger partial charge on any atom is 0.123 e. The van der Waals surface area contributed by atoms with Gasteiger partial charge >= 0.3 is 0 Å². The molecule has 3 nitrogen and oxygen atoms in total. The van der Waals surface area contributed by atoms with Crippen molar-refractivity contribution in [1.82, 2.24) is 9.88 Å². The van der Waals surface area contributed by atoms with Crippen LogP contribution in [0, 0.1) is 12.7 Å². The minimum atomic E-state index is -0.595. The molecule has 0 aliphatic rings. The second-order valence-electron chi connectivity index (χ2n) is 5.86. The van der Waals surface area contributed by atoms with Gasteiger partial charge in [-0.15, -0.1) is 12.4 Å². The highest BCUT2D eigenvalue weighted by Crippen LogP contribution is 2.30. The SMILES string of the molecule is CNC[C@@H](O)[C@H](c1ccccc1)n1cc(C)c2cc(F)ccc21.Cl. The van der Waals surface area contributed by atoms with Crippen molar-refractivity contribution in [2.45, 2.75) is 19.1 Å². The molecule has 2 atom stereocenters.